The average molecular weight is 522 g/mol. The molecule has 4 rings (SSSR count). The molecule has 0 amide bonds. The third-order valence-electron chi connectivity index (χ3n) is 6.36. The quantitative estimate of drug-likeness (QED) is 0.371. The van der Waals surface area contributed by atoms with Crippen molar-refractivity contribution in [2.45, 2.75) is 45.3 Å². The maximum absolute atomic E-state index is 4.92. The Labute approximate surface area is 197 Å². The number of hydrogen-bond acceptors (Lipinski definition) is 3. The summed E-state index contributed by atoms with van der Waals surface area (Å²) in [5.41, 5.74) is 2.57. The molecule has 6 nitrogen and oxygen atoms in total. The first-order valence-electron chi connectivity index (χ1n) is 11.0. The van der Waals surface area contributed by atoms with Crippen molar-refractivity contribution in [1.29, 1.82) is 0 Å². The van der Waals surface area contributed by atoms with Gasteiger partial charge in [0, 0.05) is 45.5 Å². The number of likely N-dealkylation sites (tertiary alicyclic amines) is 2. The smallest absolute Gasteiger partial charge is 0.194 e. The zero-order chi connectivity index (χ0) is 20.1. The number of piperidine rings is 2. The summed E-state index contributed by atoms with van der Waals surface area (Å²) in [6.45, 7) is 8.20. The molecule has 2 aliphatic heterocycles. The zero-order valence-corrected chi connectivity index (χ0v) is 20.5. The van der Waals surface area contributed by atoms with Crippen molar-refractivity contribution >= 4 is 29.9 Å². The molecule has 30 heavy (non-hydrogen) atoms. The van der Waals surface area contributed by atoms with Crippen LogP contribution >= 0.6 is 24.0 Å². The largest absolute Gasteiger partial charge is 0.357 e. The van der Waals surface area contributed by atoms with Crippen LogP contribution in [-0.2, 0) is 20.1 Å². The minimum atomic E-state index is 0. The SMILES string of the molecule is CCNC(=NCc1ccnn1C)N1CCC2C(CCCN2Cc2ccccc2)C1.I. The van der Waals surface area contributed by atoms with E-state index < -0.39 is 0 Å². The second-order valence-electron chi connectivity index (χ2n) is 8.28. The molecule has 0 bridgehead atoms. The van der Waals surface area contributed by atoms with Crippen LogP contribution in [0.1, 0.15) is 37.4 Å². The highest BCUT2D eigenvalue weighted by atomic mass is 127. The van der Waals surface area contributed by atoms with E-state index >= 15 is 0 Å². The van der Waals surface area contributed by atoms with Gasteiger partial charge in [-0.1, -0.05) is 30.3 Å². The van der Waals surface area contributed by atoms with Crippen LogP contribution in [-0.4, -0.2) is 57.8 Å². The van der Waals surface area contributed by atoms with E-state index in [-0.39, 0.29) is 24.0 Å². The number of hydrogen-bond donors (Lipinski definition) is 1. The molecule has 3 heterocycles. The Hall–Kier alpha value is -1.61. The number of rotatable bonds is 5. The Morgan fingerprint density at radius 3 is 2.73 bits per heavy atom. The topological polar surface area (TPSA) is 48.7 Å². The minimum Gasteiger partial charge on any atom is -0.357 e. The Morgan fingerprint density at radius 2 is 2.00 bits per heavy atom. The zero-order valence-electron chi connectivity index (χ0n) is 18.2. The highest BCUT2D eigenvalue weighted by molar-refractivity contribution is 14.0. The van der Waals surface area contributed by atoms with Crippen LogP contribution < -0.4 is 5.32 Å². The van der Waals surface area contributed by atoms with Crippen LogP contribution in [0.3, 0.4) is 0 Å². The molecule has 0 spiro atoms. The first-order valence-corrected chi connectivity index (χ1v) is 11.0. The summed E-state index contributed by atoms with van der Waals surface area (Å²) in [5.74, 6) is 1.77. The van der Waals surface area contributed by atoms with Crippen molar-refractivity contribution in [1.82, 2.24) is 24.9 Å². The lowest BCUT2D eigenvalue weighted by Crippen LogP contribution is -2.56. The van der Waals surface area contributed by atoms with Gasteiger partial charge in [-0.05, 0) is 50.3 Å². The Bertz CT molecular complexity index is 805. The molecule has 2 aromatic rings. The van der Waals surface area contributed by atoms with Crippen molar-refractivity contribution in [2.75, 3.05) is 26.2 Å². The fourth-order valence-corrected chi connectivity index (χ4v) is 4.85. The number of benzene rings is 1. The fraction of sp³-hybridized carbons (Fsp3) is 0.565. The summed E-state index contributed by atoms with van der Waals surface area (Å²) in [6.07, 6.45) is 5.68. The lowest BCUT2D eigenvalue weighted by Gasteiger charge is -2.48. The predicted octanol–water partition coefficient (Wildman–Crippen LogP) is 3.49. The number of aliphatic imine (C=N–C) groups is 1. The van der Waals surface area contributed by atoms with Crippen LogP contribution in [0.4, 0.5) is 0 Å². The van der Waals surface area contributed by atoms with E-state index in [9.17, 15) is 0 Å². The monoisotopic (exact) mass is 522 g/mol. The van der Waals surface area contributed by atoms with Crippen molar-refractivity contribution < 1.29 is 0 Å². The lowest BCUT2D eigenvalue weighted by atomic mass is 9.83. The van der Waals surface area contributed by atoms with Gasteiger partial charge in [-0.2, -0.15) is 5.10 Å². The van der Waals surface area contributed by atoms with Gasteiger partial charge in [0.05, 0.1) is 12.2 Å². The maximum atomic E-state index is 4.92. The standard InChI is InChI=1S/C23H34N6.HI/c1-3-24-23(25-16-21-11-13-26-27(21)2)29-15-12-22-20(18-29)10-7-14-28(22)17-19-8-5-4-6-9-19;/h4-6,8-9,11,13,20,22H,3,7,10,12,14-18H2,1-2H3,(H,24,25);1H. The molecule has 1 aromatic carbocycles. The van der Waals surface area contributed by atoms with Gasteiger partial charge in [-0.3, -0.25) is 9.58 Å². The van der Waals surface area contributed by atoms with Gasteiger partial charge in [0.15, 0.2) is 5.96 Å². The highest BCUT2D eigenvalue weighted by Crippen LogP contribution is 2.31. The summed E-state index contributed by atoms with van der Waals surface area (Å²) in [5, 5.41) is 7.77. The molecule has 1 N–H and O–H groups in total. The van der Waals surface area contributed by atoms with Crippen LogP contribution in [0.5, 0.6) is 0 Å². The van der Waals surface area contributed by atoms with E-state index in [1.54, 1.807) is 0 Å². The Morgan fingerprint density at radius 1 is 1.17 bits per heavy atom. The molecule has 0 radical (unpaired) electrons. The molecule has 7 heteroatoms. The van der Waals surface area contributed by atoms with E-state index in [1.807, 2.05) is 24.0 Å². The van der Waals surface area contributed by atoms with Gasteiger partial charge < -0.3 is 10.2 Å². The van der Waals surface area contributed by atoms with E-state index in [1.165, 1.54) is 31.4 Å². The summed E-state index contributed by atoms with van der Waals surface area (Å²) in [6, 6.07) is 13.7. The fourth-order valence-electron chi connectivity index (χ4n) is 4.85. The van der Waals surface area contributed by atoms with Gasteiger partial charge in [0.2, 0.25) is 0 Å². The van der Waals surface area contributed by atoms with E-state index in [2.05, 4.69) is 57.5 Å². The van der Waals surface area contributed by atoms with Crippen molar-refractivity contribution in [3.8, 4) is 0 Å². The lowest BCUT2D eigenvalue weighted by molar-refractivity contribution is 0.0372. The minimum absolute atomic E-state index is 0. The molecular weight excluding hydrogens is 487 g/mol. The van der Waals surface area contributed by atoms with Crippen LogP contribution in [0.25, 0.3) is 0 Å². The molecule has 164 valence electrons. The van der Waals surface area contributed by atoms with Crippen molar-refractivity contribution in [3.63, 3.8) is 0 Å². The number of halogens is 1. The van der Waals surface area contributed by atoms with Crippen molar-refractivity contribution in [3.05, 3.63) is 53.9 Å². The average Bonchev–Trinajstić information content (AvgIpc) is 3.16. The summed E-state index contributed by atoms with van der Waals surface area (Å²) in [4.78, 5) is 10.1. The number of nitrogens with one attached hydrogen (secondary N) is 1. The molecule has 2 unspecified atom stereocenters. The molecule has 2 fully saturated rings. The number of nitrogens with zero attached hydrogens (tertiary/aromatic N) is 5. The van der Waals surface area contributed by atoms with Gasteiger partial charge in [-0.25, -0.2) is 4.99 Å². The first kappa shape index (κ1) is 23.1. The van der Waals surface area contributed by atoms with Crippen LogP contribution in [0.15, 0.2) is 47.6 Å². The predicted molar refractivity (Wildman–Crippen MR) is 133 cm³/mol. The number of aryl methyl sites for hydroxylation is 1. The third-order valence-corrected chi connectivity index (χ3v) is 6.36. The van der Waals surface area contributed by atoms with Crippen molar-refractivity contribution in [2.24, 2.45) is 18.0 Å². The number of fused-ring (bicyclic) bond motifs is 1. The van der Waals surface area contributed by atoms with Gasteiger partial charge >= 0.3 is 0 Å². The second kappa shape index (κ2) is 11.1. The van der Waals surface area contributed by atoms with E-state index in [0.29, 0.717) is 12.6 Å². The Kier molecular flexibility index (Phi) is 8.56. The molecule has 1 aromatic heterocycles. The second-order valence-corrected chi connectivity index (χ2v) is 8.28. The normalized spacial score (nSPS) is 22.3. The summed E-state index contributed by atoms with van der Waals surface area (Å²) in [7, 11) is 1.98. The molecule has 2 aliphatic rings. The maximum Gasteiger partial charge on any atom is 0.194 e. The molecule has 0 saturated carbocycles. The molecular formula is C23H35IN6. The van der Waals surface area contributed by atoms with Gasteiger partial charge in [0.1, 0.15) is 0 Å². The van der Waals surface area contributed by atoms with E-state index in [4.69, 9.17) is 4.99 Å². The van der Waals surface area contributed by atoms with Crippen LogP contribution in [0, 0.1) is 5.92 Å². The number of aromatic nitrogens is 2. The molecule has 2 saturated heterocycles. The van der Waals surface area contributed by atoms with E-state index in [0.717, 1.165) is 43.8 Å². The third kappa shape index (κ3) is 5.55. The number of guanidine groups is 1. The summed E-state index contributed by atoms with van der Waals surface area (Å²) < 4.78 is 1.90. The molecule has 0 aliphatic carbocycles. The van der Waals surface area contributed by atoms with Gasteiger partial charge in [-0.15, -0.1) is 24.0 Å². The first-order chi connectivity index (χ1) is 14.2. The Balaban J connectivity index is 0.00000256. The summed E-state index contributed by atoms with van der Waals surface area (Å²) >= 11 is 0. The molecule has 2 atom stereocenters. The van der Waals surface area contributed by atoms with Crippen LogP contribution in [0.2, 0.25) is 0 Å². The van der Waals surface area contributed by atoms with Gasteiger partial charge in [0.25, 0.3) is 0 Å². The highest BCUT2D eigenvalue weighted by Gasteiger charge is 2.36.